The van der Waals surface area contributed by atoms with Gasteiger partial charge in [-0.3, -0.25) is 19.6 Å². The largest absolute Gasteiger partial charge is 0.466 e. The Balaban J connectivity index is 1.63. The number of hydrogen-bond donors (Lipinski definition) is 0. The summed E-state index contributed by atoms with van der Waals surface area (Å²) in [7, 11) is 0. The molecule has 1 amide bonds. The third-order valence-electron chi connectivity index (χ3n) is 5.07. The van der Waals surface area contributed by atoms with Crippen molar-refractivity contribution in [2.45, 2.75) is 32.2 Å². The zero-order valence-electron chi connectivity index (χ0n) is 17.0. The summed E-state index contributed by atoms with van der Waals surface area (Å²) in [5.41, 5.74) is 4.12. The molecule has 0 fully saturated rings. The van der Waals surface area contributed by atoms with E-state index in [0.717, 1.165) is 27.9 Å². The van der Waals surface area contributed by atoms with Crippen LogP contribution in [0, 0.1) is 0 Å². The Morgan fingerprint density at radius 1 is 1.06 bits per heavy atom. The van der Waals surface area contributed by atoms with Gasteiger partial charge < -0.3 is 4.74 Å². The summed E-state index contributed by atoms with van der Waals surface area (Å²) in [6.45, 7) is 2.03. The standard InChI is InChI=1S/C23H21ClN4O3/c1-2-31-23(30)10-9-22(29)28-21(14-19(27-28)15-3-6-17(24)7-4-15)16-5-8-18-20(13-16)26-12-11-25-18/h3-8,11-13,21H,2,9-10,14H2,1H3. The van der Waals surface area contributed by atoms with Gasteiger partial charge >= 0.3 is 5.97 Å². The molecule has 158 valence electrons. The van der Waals surface area contributed by atoms with Gasteiger partial charge in [-0.1, -0.05) is 29.8 Å². The normalized spacial score (nSPS) is 15.7. The lowest BCUT2D eigenvalue weighted by molar-refractivity contribution is -0.146. The highest BCUT2D eigenvalue weighted by Crippen LogP contribution is 2.34. The Bertz CT molecular complexity index is 1150. The highest BCUT2D eigenvalue weighted by Gasteiger charge is 2.33. The van der Waals surface area contributed by atoms with Crippen LogP contribution in [-0.4, -0.2) is 39.2 Å². The van der Waals surface area contributed by atoms with Gasteiger partial charge in [0.05, 0.1) is 35.8 Å². The summed E-state index contributed by atoms with van der Waals surface area (Å²) in [5.74, 6) is -0.629. The zero-order valence-corrected chi connectivity index (χ0v) is 17.7. The van der Waals surface area contributed by atoms with E-state index in [1.54, 1.807) is 31.5 Å². The first-order valence-corrected chi connectivity index (χ1v) is 10.4. The van der Waals surface area contributed by atoms with Crippen LogP contribution in [0.2, 0.25) is 5.02 Å². The van der Waals surface area contributed by atoms with E-state index in [1.165, 1.54) is 5.01 Å². The molecule has 7 nitrogen and oxygen atoms in total. The van der Waals surface area contributed by atoms with Gasteiger partial charge in [0, 0.05) is 30.3 Å². The molecule has 0 N–H and O–H groups in total. The van der Waals surface area contributed by atoms with E-state index in [9.17, 15) is 9.59 Å². The van der Waals surface area contributed by atoms with Crippen molar-refractivity contribution < 1.29 is 14.3 Å². The molecule has 0 aliphatic carbocycles. The number of carbonyl (C=O) groups is 2. The maximum atomic E-state index is 13.0. The molecule has 0 saturated carbocycles. The molecule has 1 aromatic heterocycles. The first-order valence-electron chi connectivity index (χ1n) is 10.1. The predicted molar refractivity (Wildman–Crippen MR) is 118 cm³/mol. The van der Waals surface area contributed by atoms with Gasteiger partial charge in [0.1, 0.15) is 0 Å². The molecule has 31 heavy (non-hydrogen) atoms. The van der Waals surface area contributed by atoms with Crippen LogP contribution in [-0.2, 0) is 14.3 Å². The molecular formula is C23H21ClN4O3. The van der Waals surface area contributed by atoms with Gasteiger partial charge in [-0.05, 0) is 42.3 Å². The molecule has 0 saturated heterocycles. The van der Waals surface area contributed by atoms with E-state index in [0.29, 0.717) is 11.4 Å². The van der Waals surface area contributed by atoms with Crippen LogP contribution >= 0.6 is 11.6 Å². The van der Waals surface area contributed by atoms with Gasteiger partial charge in [0.25, 0.3) is 0 Å². The van der Waals surface area contributed by atoms with E-state index in [-0.39, 0.29) is 31.4 Å². The molecule has 0 radical (unpaired) electrons. The van der Waals surface area contributed by atoms with Gasteiger partial charge in [-0.25, -0.2) is 5.01 Å². The second-order valence-electron chi connectivity index (χ2n) is 7.12. The fourth-order valence-electron chi connectivity index (χ4n) is 3.56. The van der Waals surface area contributed by atoms with Gasteiger partial charge in [-0.15, -0.1) is 0 Å². The van der Waals surface area contributed by atoms with Crippen LogP contribution in [0.3, 0.4) is 0 Å². The Kier molecular flexibility index (Phi) is 6.23. The molecule has 1 atom stereocenters. The molecule has 3 aromatic rings. The van der Waals surface area contributed by atoms with Gasteiger partial charge in [0.15, 0.2) is 0 Å². The molecule has 1 aliphatic heterocycles. The summed E-state index contributed by atoms with van der Waals surface area (Å²) in [6.07, 6.45) is 3.87. The Morgan fingerprint density at radius 2 is 1.81 bits per heavy atom. The second kappa shape index (κ2) is 9.22. The monoisotopic (exact) mass is 436 g/mol. The summed E-state index contributed by atoms with van der Waals surface area (Å²) in [4.78, 5) is 33.4. The molecule has 8 heteroatoms. The summed E-state index contributed by atoms with van der Waals surface area (Å²) in [5, 5.41) is 6.73. The number of aromatic nitrogens is 2. The average Bonchev–Trinajstić information content (AvgIpc) is 3.23. The SMILES string of the molecule is CCOC(=O)CCC(=O)N1N=C(c2ccc(Cl)cc2)CC1c1ccc2nccnc2c1. The van der Waals surface area contributed by atoms with Gasteiger partial charge in [-0.2, -0.15) is 5.10 Å². The van der Waals surface area contributed by atoms with Crippen molar-refractivity contribution in [2.75, 3.05) is 6.61 Å². The molecule has 0 spiro atoms. The first kappa shape index (κ1) is 20.9. The number of hydrazone groups is 1. The van der Waals surface area contributed by atoms with E-state index < -0.39 is 5.97 Å². The van der Waals surface area contributed by atoms with Gasteiger partial charge in [0.2, 0.25) is 5.91 Å². The van der Waals surface area contributed by atoms with Crippen LogP contribution in [0.5, 0.6) is 0 Å². The summed E-state index contributed by atoms with van der Waals surface area (Å²) >= 11 is 6.01. The minimum absolute atomic E-state index is 0.0187. The molecule has 0 bridgehead atoms. The number of benzene rings is 2. The van der Waals surface area contributed by atoms with Crippen molar-refractivity contribution in [3.05, 3.63) is 71.0 Å². The average molecular weight is 437 g/mol. The highest BCUT2D eigenvalue weighted by atomic mass is 35.5. The first-order chi connectivity index (χ1) is 15.0. The fourth-order valence-corrected chi connectivity index (χ4v) is 3.69. The van der Waals surface area contributed by atoms with E-state index in [2.05, 4.69) is 15.1 Å². The Labute approximate surface area is 184 Å². The lowest BCUT2D eigenvalue weighted by Gasteiger charge is -2.22. The summed E-state index contributed by atoms with van der Waals surface area (Å²) < 4.78 is 4.94. The lowest BCUT2D eigenvalue weighted by Crippen LogP contribution is -2.27. The smallest absolute Gasteiger partial charge is 0.306 e. The predicted octanol–water partition coefficient (Wildman–Crippen LogP) is 4.30. The van der Waals surface area contributed by atoms with Crippen molar-refractivity contribution in [3.63, 3.8) is 0 Å². The van der Waals surface area contributed by atoms with Crippen LogP contribution in [0.1, 0.15) is 43.4 Å². The zero-order chi connectivity index (χ0) is 21.8. The van der Waals surface area contributed by atoms with Crippen molar-refractivity contribution in [1.82, 2.24) is 15.0 Å². The van der Waals surface area contributed by atoms with Crippen molar-refractivity contribution in [1.29, 1.82) is 0 Å². The van der Waals surface area contributed by atoms with Crippen LogP contribution in [0.4, 0.5) is 0 Å². The second-order valence-corrected chi connectivity index (χ2v) is 7.56. The van der Waals surface area contributed by atoms with E-state index in [1.807, 2.05) is 30.3 Å². The number of fused-ring (bicyclic) bond motifs is 1. The van der Waals surface area contributed by atoms with E-state index in [4.69, 9.17) is 16.3 Å². The number of esters is 1. The molecule has 2 aromatic carbocycles. The number of nitrogens with zero attached hydrogens (tertiary/aromatic N) is 4. The molecule has 4 rings (SSSR count). The quantitative estimate of drug-likeness (QED) is 0.538. The third kappa shape index (κ3) is 4.72. The number of hydrogen-bond acceptors (Lipinski definition) is 6. The molecular weight excluding hydrogens is 416 g/mol. The summed E-state index contributed by atoms with van der Waals surface area (Å²) in [6, 6.07) is 12.8. The highest BCUT2D eigenvalue weighted by molar-refractivity contribution is 6.30. The fraction of sp³-hybridized carbons (Fsp3) is 0.261. The van der Waals surface area contributed by atoms with E-state index >= 15 is 0 Å². The minimum atomic E-state index is -0.394. The van der Waals surface area contributed by atoms with Crippen molar-refractivity contribution >= 4 is 40.2 Å². The number of halogens is 1. The van der Waals surface area contributed by atoms with Crippen LogP contribution < -0.4 is 0 Å². The molecule has 2 heterocycles. The third-order valence-corrected chi connectivity index (χ3v) is 5.32. The molecule has 1 unspecified atom stereocenters. The number of ether oxygens (including phenoxy) is 1. The minimum Gasteiger partial charge on any atom is -0.466 e. The maximum absolute atomic E-state index is 13.0. The lowest BCUT2D eigenvalue weighted by atomic mass is 9.98. The number of amides is 1. The Hall–Kier alpha value is -3.32. The maximum Gasteiger partial charge on any atom is 0.306 e. The number of rotatable bonds is 6. The van der Waals surface area contributed by atoms with Crippen molar-refractivity contribution in [2.24, 2.45) is 5.10 Å². The van der Waals surface area contributed by atoms with Crippen LogP contribution in [0.15, 0.2) is 60.0 Å². The van der Waals surface area contributed by atoms with Crippen LogP contribution in [0.25, 0.3) is 11.0 Å². The Morgan fingerprint density at radius 3 is 2.55 bits per heavy atom. The van der Waals surface area contributed by atoms with Crippen molar-refractivity contribution in [3.8, 4) is 0 Å². The topological polar surface area (TPSA) is 84.8 Å². The number of carbonyl (C=O) groups excluding carboxylic acids is 2. The molecule has 1 aliphatic rings.